The molecule has 98 valence electrons. The summed E-state index contributed by atoms with van der Waals surface area (Å²) >= 11 is 0. The van der Waals surface area contributed by atoms with Gasteiger partial charge in [0.2, 0.25) is 0 Å². The van der Waals surface area contributed by atoms with Crippen LogP contribution in [0.1, 0.15) is 51.4 Å². The fourth-order valence-corrected chi connectivity index (χ4v) is 4.72. The third-order valence-corrected chi connectivity index (χ3v) is 5.58. The van der Waals surface area contributed by atoms with Gasteiger partial charge in [0.15, 0.2) is 0 Å². The van der Waals surface area contributed by atoms with Gasteiger partial charge in [-0.2, -0.15) is 0 Å². The molecule has 3 atom stereocenters. The van der Waals surface area contributed by atoms with Crippen LogP contribution in [0.3, 0.4) is 0 Å². The van der Waals surface area contributed by atoms with E-state index < -0.39 is 0 Å². The van der Waals surface area contributed by atoms with E-state index in [9.17, 15) is 5.11 Å². The number of fused-ring (bicyclic) bond motifs is 2. The molecule has 0 aromatic rings. The van der Waals surface area contributed by atoms with Crippen LogP contribution in [0.4, 0.5) is 0 Å². The molecule has 2 bridgehead atoms. The molecule has 0 saturated heterocycles. The fourth-order valence-electron chi connectivity index (χ4n) is 4.72. The first kappa shape index (κ1) is 12.0. The van der Waals surface area contributed by atoms with Crippen LogP contribution < -0.4 is 0 Å². The van der Waals surface area contributed by atoms with E-state index in [1.165, 1.54) is 57.9 Å². The summed E-state index contributed by atoms with van der Waals surface area (Å²) in [4.78, 5) is 2.62. The lowest BCUT2D eigenvalue weighted by Gasteiger charge is -2.33. The minimum atomic E-state index is 0.345. The van der Waals surface area contributed by atoms with Gasteiger partial charge in [0.25, 0.3) is 0 Å². The fraction of sp³-hybridized carbons (Fsp3) is 1.00. The Morgan fingerprint density at radius 2 is 1.82 bits per heavy atom. The molecule has 17 heavy (non-hydrogen) atoms. The minimum Gasteiger partial charge on any atom is -0.395 e. The predicted molar refractivity (Wildman–Crippen MR) is 69.9 cm³/mol. The van der Waals surface area contributed by atoms with Crippen molar-refractivity contribution < 1.29 is 5.11 Å². The summed E-state index contributed by atoms with van der Waals surface area (Å²) in [5.41, 5.74) is 0. The molecule has 3 saturated carbocycles. The van der Waals surface area contributed by atoms with Crippen LogP contribution in [0.5, 0.6) is 0 Å². The Kier molecular flexibility index (Phi) is 3.72. The molecule has 0 spiro atoms. The lowest BCUT2D eigenvalue weighted by molar-refractivity contribution is 0.115. The molecule has 3 fully saturated rings. The van der Waals surface area contributed by atoms with Crippen molar-refractivity contribution in [3.05, 3.63) is 0 Å². The molecule has 2 nitrogen and oxygen atoms in total. The molecule has 3 rings (SSSR count). The van der Waals surface area contributed by atoms with E-state index >= 15 is 0 Å². The molecule has 2 heteroatoms. The molecular weight excluding hydrogens is 210 g/mol. The number of rotatable bonds is 5. The Balaban J connectivity index is 1.56. The van der Waals surface area contributed by atoms with Crippen molar-refractivity contribution in [2.75, 3.05) is 19.7 Å². The Hall–Kier alpha value is -0.0800. The van der Waals surface area contributed by atoms with Crippen molar-refractivity contribution in [3.8, 4) is 0 Å². The van der Waals surface area contributed by atoms with E-state index in [-0.39, 0.29) is 0 Å². The zero-order chi connectivity index (χ0) is 11.7. The van der Waals surface area contributed by atoms with Gasteiger partial charge in [0, 0.05) is 19.1 Å². The first-order valence-electron chi connectivity index (χ1n) is 7.71. The van der Waals surface area contributed by atoms with Crippen LogP contribution in [0.25, 0.3) is 0 Å². The lowest BCUT2D eigenvalue weighted by atomic mass is 9.88. The predicted octanol–water partition coefficient (Wildman–Crippen LogP) is 2.66. The highest BCUT2D eigenvalue weighted by atomic mass is 16.3. The molecule has 3 aliphatic rings. The molecule has 3 unspecified atom stereocenters. The molecular formula is C15H27NO. The van der Waals surface area contributed by atoms with Crippen LogP contribution in [0.15, 0.2) is 0 Å². The maximum atomic E-state index is 9.26. The number of aliphatic hydroxyl groups is 1. The van der Waals surface area contributed by atoms with E-state index in [0.29, 0.717) is 6.61 Å². The average molecular weight is 237 g/mol. The third kappa shape index (κ3) is 2.53. The second-order valence-corrected chi connectivity index (χ2v) is 6.59. The number of hydrogen-bond acceptors (Lipinski definition) is 2. The first-order valence-corrected chi connectivity index (χ1v) is 7.71. The summed E-state index contributed by atoms with van der Waals surface area (Å²) in [6.45, 7) is 2.54. The Morgan fingerprint density at radius 1 is 1.00 bits per heavy atom. The van der Waals surface area contributed by atoms with Crippen molar-refractivity contribution in [2.45, 2.75) is 57.4 Å². The zero-order valence-corrected chi connectivity index (χ0v) is 11.0. The molecule has 0 aromatic heterocycles. The quantitative estimate of drug-likeness (QED) is 0.794. The van der Waals surface area contributed by atoms with E-state index in [0.717, 1.165) is 30.3 Å². The summed E-state index contributed by atoms with van der Waals surface area (Å²) in [6.07, 6.45) is 11.6. The number of hydrogen-bond donors (Lipinski definition) is 1. The van der Waals surface area contributed by atoms with Crippen LogP contribution in [0, 0.1) is 17.8 Å². The Labute approximate surface area is 105 Å². The van der Waals surface area contributed by atoms with Crippen molar-refractivity contribution in [2.24, 2.45) is 17.8 Å². The smallest absolute Gasteiger partial charge is 0.0558 e. The van der Waals surface area contributed by atoms with Crippen molar-refractivity contribution in [3.63, 3.8) is 0 Å². The molecule has 0 aliphatic heterocycles. The SMILES string of the molecule is OCCN(CC1CC2CCC1C2)C1CCCC1. The second kappa shape index (κ2) is 5.27. The van der Waals surface area contributed by atoms with Gasteiger partial charge in [0.1, 0.15) is 0 Å². The highest BCUT2D eigenvalue weighted by molar-refractivity contribution is 4.92. The maximum absolute atomic E-state index is 9.26. The third-order valence-electron chi connectivity index (χ3n) is 5.58. The number of nitrogens with zero attached hydrogens (tertiary/aromatic N) is 1. The van der Waals surface area contributed by atoms with Gasteiger partial charge in [-0.05, 0) is 49.9 Å². The molecule has 0 aromatic carbocycles. The Morgan fingerprint density at radius 3 is 2.41 bits per heavy atom. The molecule has 0 heterocycles. The maximum Gasteiger partial charge on any atom is 0.0558 e. The van der Waals surface area contributed by atoms with Gasteiger partial charge in [-0.25, -0.2) is 0 Å². The van der Waals surface area contributed by atoms with Gasteiger partial charge >= 0.3 is 0 Å². The van der Waals surface area contributed by atoms with Gasteiger partial charge in [-0.3, -0.25) is 4.90 Å². The van der Waals surface area contributed by atoms with Crippen LogP contribution in [-0.2, 0) is 0 Å². The van der Waals surface area contributed by atoms with E-state index in [1.807, 2.05) is 0 Å². The van der Waals surface area contributed by atoms with E-state index in [2.05, 4.69) is 4.90 Å². The van der Waals surface area contributed by atoms with Gasteiger partial charge in [0.05, 0.1) is 6.61 Å². The summed E-state index contributed by atoms with van der Waals surface area (Å²) in [7, 11) is 0. The summed E-state index contributed by atoms with van der Waals surface area (Å²) < 4.78 is 0. The van der Waals surface area contributed by atoms with Crippen LogP contribution >= 0.6 is 0 Å². The summed E-state index contributed by atoms with van der Waals surface area (Å²) in [5, 5.41) is 9.26. The highest BCUT2D eigenvalue weighted by Crippen LogP contribution is 2.48. The zero-order valence-electron chi connectivity index (χ0n) is 11.0. The topological polar surface area (TPSA) is 23.5 Å². The van der Waals surface area contributed by atoms with Crippen molar-refractivity contribution in [1.29, 1.82) is 0 Å². The van der Waals surface area contributed by atoms with Crippen molar-refractivity contribution in [1.82, 2.24) is 4.90 Å². The van der Waals surface area contributed by atoms with Gasteiger partial charge in [-0.15, -0.1) is 0 Å². The lowest BCUT2D eigenvalue weighted by Crippen LogP contribution is -2.40. The summed E-state index contributed by atoms with van der Waals surface area (Å²) in [5.74, 6) is 3.05. The normalized spacial score (nSPS) is 37.4. The van der Waals surface area contributed by atoms with Crippen LogP contribution in [-0.4, -0.2) is 35.7 Å². The molecule has 0 radical (unpaired) electrons. The van der Waals surface area contributed by atoms with Gasteiger partial charge < -0.3 is 5.11 Å². The second-order valence-electron chi connectivity index (χ2n) is 6.59. The molecule has 3 aliphatic carbocycles. The van der Waals surface area contributed by atoms with E-state index in [4.69, 9.17) is 0 Å². The largest absolute Gasteiger partial charge is 0.395 e. The minimum absolute atomic E-state index is 0.345. The van der Waals surface area contributed by atoms with Crippen LogP contribution in [0.2, 0.25) is 0 Å². The Bertz CT molecular complexity index is 249. The first-order chi connectivity index (χ1) is 8.36. The van der Waals surface area contributed by atoms with Gasteiger partial charge in [-0.1, -0.05) is 19.3 Å². The standard InChI is InChI=1S/C15H27NO/c17-8-7-16(15-3-1-2-4-15)11-14-10-12-5-6-13(14)9-12/h12-15,17H,1-11H2. The molecule has 1 N–H and O–H groups in total. The highest BCUT2D eigenvalue weighted by Gasteiger charge is 2.40. The van der Waals surface area contributed by atoms with Crippen molar-refractivity contribution >= 4 is 0 Å². The number of aliphatic hydroxyl groups excluding tert-OH is 1. The molecule has 0 amide bonds. The summed E-state index contributed by atoms with van der Waals surface area (Å²) in [6, 6.07) is 0.793. The van der Waals surface area contributed by atoms with E-state index in [1.54, 1.807) is 0 Å². The average Bonchev–Trinajstić information content (AvgIpc) is 3.06. The monoisotopic (exact) mass is 237 g/mol.